The minimum absolute atomic E-state index is 0.0925. The van der Waals surface area contributed by atoms with E-state index in [4.69, 9.17) is 4.42 Å². The van der Waals surface area contributed by atoms with E-state index in [0.29, 0.717) is 13.1 Å². The van der Waals surface area contributed by atoms with Crippen LogP contribution >= 0.6 is 0 Å². The molecule has 0 amide bonds. The van der Waals surface area contributed by atoms with E-state index in [1.807, 2.05) is 30.3 Å². The Morgan fingerprint density at radius 1 is 1.21 bits per heavy atom. The van der Waals surface area contributed by atoms with Crippen molar-refractivity contribution in [2.45, 2.75) is 44.3 Å². The number of pyridine rings is 1. The summed E-state index contributed by atoms with van der Waals surface area (Å²) in [6.07, 6.45) is 6.80. The van der Waals surface area contributed by atoms with Crippen LogP contribution in [0.5, 0.6) is 0 Å². The van der Waals surface area contributed by atoms with Crippen molar-refractivity contribution < 1.29 is 12.8 Å². The van der Waals surface area contributed by atoms with Crippen LogP contribution in [0.25, 0.3) is 0 Å². The van der Waals surface area contributed by atoms with Gasteiger partial charge in [-0.2, -0.15) is 17.0 Å². The highest BCUT2D eigenvalue weighted by molar-refractivity contribution is 7.86. The topological polar surface area (TPSA) is 66.7 Å². The van der Waals surface area contributed by atoms with Crippen LogP contribution in [-0.4, -0.2) is 34.6 Å². The van der Waals surface area contributed by atoms with E-state index < -0.39 is 10.2 Å². The van der Waals surface area contributed by atoms with Gasteiger partial charge in [0, 0.05) is 18.8 Å². The first kappa shape index (κ1) is 15.8. The van der Waals surface area contributed by atoms with E-state index in [1.54, 1.807) is 21.1 Å². The summed E-state index contributed by atoms with van der Waals surface area (Å²) in [6.45, 7) is 0.869. The van der Waals surface area contributed by atoms with Crippen LogP contribution in [0.15, 0.2) is 47.2 Å². The zero-order valence-electron chi connectivity index (χ0n) is 13.4. The number of rotatable bonds is 6. The fourth-order valence-electron chi connectivity index (χ4n) is 3.33. The lowest BCUT2D eigenvalue weighted by Crippen LogP contribution is -2.44. The Morgan fingerprint density at radius 3 is 2.75 bits per heavy atom. The maximum Gasteiger partial charge on any atom is 0.283 e. The molecular formula is C17H21N3O3S. The van der Waals surface area contributed by atoms with Crippen LogP contribution < -0.4 is 0 Å². The Kier molecular flexibility index (Phi) is 4.15. The fourth-order valence-corrected chi connectivity index (χ4v) is 5.37. The third-order valence-corrected chi connectivity index (χ3v) is 6.72. The standard InChI is InChI=1S/C17H21N3O3S/c21-24(22,19-11-3-6-16(19)17-7-4-12-23-17)20(15-8-9-15)13-14-5-1-2-10-18-14/h1-2,4-5,7,10,12,15-16H,3,6,8-9,11,13H2/t16-/m0/s1. The molecule has 0 N–H and O–H groups in total. The Labute approximate surface area is 142 Å². The molecule has 2 aliphatic rings. The maximum absolute atomic E-state index is 13.3. The Hall–Kier alpha value is -1.70. The van der Waals surface area contributed by atoms with Crippen LogP contribution in [-0.2, 0) is 16.8 Å². The third-order valence-electron chi connectivity index (χ3n) is 4.67. The number of hydrogen-bond acceptors (Lipinski definition) is 4. The lowest BCUT2D eigenvalue weighted by atomic mass is 10.2. The maximum atomic E-state index is 13.3. The monoisotopic (exact) mass is 347 g/mol. The molecule has 0 spiro atoms. The highest BCUT2D eigenvalue weighted by Gasteiger charge is 2.45. The van der Waals surface area contributed by atoms with Crippen molar-refractivity contribution in [3.63, 3.8) is 0 Å². The molecule has 24 heavy (non-hydrogen) atoms. The molecule has 0 radical (unpaired) electrons. The van der Waals surface area contributed by atoms with Crippen molar-refractivity contribution in [1.82, 2.24) is 13.6 Å². The Bertz CT molecular complexity index is 773. The molecule has 2 fully saturated rings. The van der Waals surface area contributed by atoms with Gasteiger partial charge in [0.2, 0.25) is 0 Å². The van der Waals surface area contributed by atoms with Gasteiger partial charge < -0.3 is 4.42 Å². The molecule has 1 saturated carbocycles. The first-order valence-corrected chi connectivity index (χ1v) is 9.78. The van der Waals surface area contributed by atoms with E-state index in [0.717, 1.165) is 37.1 Å². The predicted octanol–water partition coefficient (Wildman–Crippen LogP) is 2.72. The molecule has 1 aliphatic carbocycles. The summed E-state index contributed by atoms with van der Waals surface area (Å²) in [4.78, 5) is 4.29. The molecule has 0 aromatic carbocycles. The number of furan rings is 1. The summed E-state index contributed by atoms with van der Waals surface area (Å²) in [5.74, 6) is 0.727. The summed E-state index contributed by atoms with van der Waals surface area (Å²) < 4.78 is 35.3. The lowest BCUT2D eigenvalue weighted by molar-refractivity contribution is 0.293. The van der Waals surface area contributed by atoms with E-state index in [9.17, 15) is 8.42 Å². The number of aromatic nitrogens is 1. The highest BCUT2D eigenvalue weighted by atomic mass is 32.2. The normalized spacial score (nSPS) is 22.3. The highest BCUT2D eigenvalue weighted by Crippen LogP contribution is 2.39. The molecule has 2 aromatic heterocycles. The molecule has 1 saturated heterocycles. The average molecular weight is 347 g/mol. The zero-order valence-corrected chi connectivity index (χ0v) is 14.2. The first-order valence-electron chi connectivity index (χ1n) is 8.38. The van der Waals surface area contributed by atoms with Gasteiger partial charge >= 0.3 is 0 Å². The van der Waals surface area contributed by atoms with Gasteiger partial charge in [0.1, 0.15) is 5.76 Å². The van der Waals surface area contributed by atoms with Crippen molar-refractivity contribution in [1.29, 1.82) is 0 Å². The molecule has 4 rings (SSSR count). The van der Waals surface area contributed by atoms with Crippen molar-refractivity contribution >= 4 is 10.2 Å². The largest absolute Gasteiger partial charge is 0.468 e. The molecule has 0 bridgehead atoms. The predicted molar refractivity (Wildman–Crippen MR) is 89.1 cm³/mol. The summed E-state index contributed by atoms with van der Waals surface area (Å²) in [5.41, 5.74) is 0.779. The third kappa shape index (κ3) is 2.99. The van der Waals surface area contributed by atoms with Gasteiger partial charge in [-0.05, 0) is 49.9 Å². The lowest BCUT2D eigenvalue weighted by Gasteiger charge is -2.30. The molecule has 2 aromatic rings. The van der Waals surface area contributed by atoms with Crippen LogP contribution in [0, 0.1) is 0 Å². The van der Waals surface area contributed by atoms with Crippen molar-refractivity contribution in [2.24, 2.45) is 0 Å². The van der Waals surface area contributed by atoms with E-state index in [2.05, 4.69) is 4.98 Å². The van der Waals surface area contributed by atoms with Crippen LogP contribution in [0.1, 0.15) is 43.2 Å². The molecule has 7 heteroatoms. The number of nitrogens with zero attached hydrogens (tertiary/aromatic N) is 3. The van der Waals surface area contributed by atoms with Gasteiger partial charge in [-0.25, -0.2) is 0 Å². The van der Waals surface area contributed by atoms with Crippen molar-refractivity contribution in [3.8, 4) is 0 Å². The van der Waals surface area contributed by atoms with Gasteiger partial charge in [-0.3, -0.25) is 4.98 Å². The molecule has 3 heterocycles. The molecule has 6 nitrogen and oxygen atoms in total. The second-order valence-electron chi connectivity index (χ2n) is 6.39. The number of hydrogen-bond donors (Lipinski definition) is 0. The minimum atomic E-state index is -3.54. The summed E-state index contributed by atoms with van der Waals surface area (Å²) >= 11 is 0. The SMILES string of the molecule is O=S(=O)(N(Cc1ccccn1)C1CC1)N1CCC[C@H]1c1ccco1. The van der Waals surface area contributed by atoms with Gasteiger partial charge in [0.15, 0.2) is 0 Å². The van der Waals surface area contributed by atoms with Gasteiger partial charge in [-0.1, -0.05) is 6.07 Å². The smallest absolute Gasteiger partial charge is 0.283 e. The Morgan fingerprint density at radius 2 is 2.08 bits per heavy atom. The van der Waals surface area contributed by atoms with Gasteiger partial charge in [0.05, 0.1) is 24.5 Å². The summed E-state index contributed by atoms with van der Waals surface area (Å²) in [7, 11) is -3.54. The summed E-state index contributed by atoms with van der Waals surface area (Å²) in [6, 6.07) is 9.17. The molecule has 1 atom stereocenters. The fraction of sp³-hybridized carbons (Fsp3) is 0.471. The molecule has 0 unspecified atom stereocenters. The Balaban J connectivity index is 1.61. The average Bonchev–Trinajstić information content (AvgIpc) is 3.07. The molecular weight excluding hydrogens is 326 g/mol. The second-order valence-corrected chi connectivity index (χ2v) is 8.22. The molecule has 128 valence electrons. The van der Waals surface area contributed by atoms with Gasteiger partial charge in [0.25, 0.3) is 10.2 Å². The first-order chi connectivity index (χ1) is 11.7. The van der Waals surface area contributed by atoms with Gasteiger partial charge in [-0.15, -0.1) is 0 Å². The quantitative estimate of drug-likeness (QED) is 0.806. The van der Waals surface area contributed by atoms with Crippen LogP contribution in [0.4, 0.5) is 0 Å². The van der Waals surface area contributed by atoms with Crippen LogP contribution in [0.2, 0.25) is 0 Å². The van der Waals surface area contributed by atoms with Crippen molar-refractivity contribution in [3.05, 3.63) is 54.2 Å². The van der Waals surface area contributed by atoms with Crippen molar-refractivity contribution in [2.75, 3.05) is 6.54 Å². The van der Waals surface area contributed by atoms with E-state index >= 15 is 0 Å². The summed E-state index contributed by atoms with van der Waals surface area (Å²) in [5, 5.41) is 0. The van der Waals surface area contributed by atoms with E-state index in [1.165, 1.54) is 0 Å². The van der Waals surface area contributed by atoms with Crippen LogP contribution in [0.3, 0.4) is 0 Å². The second kappa shape index (κ2) is 6.31. The zero-order chi connectivity index (χ0) is 16.6. The van der Waals surface area contributed by atoms with E-state index in [-0.39, 0.29) is 12.1 Å². The molecule has 1 aliphatic heterocycles. The minimum Gasteiger partial charge on any atom is -0.468 e.